The first kappa shape index (κ1) is 16.7. The Morgan fingerprint density at radius 2 is 2.00 bits per heavy atom. The Balaban J connectivity index is 2.03. The summed E-state index contributed by atoms with van der Waals surface area (Å²) in [5.41, 5.74) is 6.60. The Morgan fingerprint density at radius 3 is 2.65 bits per heavy atom. The highest BCUT2D eigenvalue weighted by Gasteiger charge is 2.17. The zero-order valence-corrected chi connectivity index (χ0v) is 13.2. The van der Waals surface area contributed by atoms with Gasteiger partial charge in [-0.3, -0.25) is 9.59 Å². The third kappa shape index (κ3) is 4.91. The van der Waals surface area contributed by atoms with Crippen molar-refractivity contribution in [1.29, 1.82) is 0 Å². The van der Waals surface area contributed by atoms with Crippen molar-refractivity contribution >= 4 is 11.8 Å². The van der Waals surface area contributed by atoms with Crippen molar-refractivity contribution in [1.82, 2.24) is 19.9 Å². The second-order valence-corrected chi connectivity index (χ2v) is 5.27. The van der Waals surface area contributed by atoms with Crippen molar-refractivity contribution in [2.24, 2.45) is 5.73 Å². The molecule has 7 heteroatoms. The zero-order valence-electron chi connectivity index (χ0n) is 13.2. The first-order valence-corrected chi connectivity index (χ1v) is 7.63. The molecule has 122 valence electrons. The minimum atomic E-state index is -0.512. The molecule has 1 aromatic heterocycles. The van der Waals surface area contributed by atoms with E-state index >= 15 is 0 Å². The number of carbonyl (C=O) groups is 2. The Morgan fingerprint density at radius 1 is 1.26 bits per heavy atom. The van der Waals surface area contributed by atoms with Crippen LogP contribution in [-0.2, 0) is 16.0 Å². The Labute approximate surface area is 135 Å². The van der Waals surface area contributed by atoms with Gasteiger partial charge < -0.3 is 10.6 Å². The molecule has 2 aromatic rings. The first-order chi connectivity index (χ1) is 11.1. The quantitative estimate of drug-likeness (QED) is 0.784. The number of nitrogens with two attached hydrogens (primary N) is 1. The lowest BCUT2D eigenvalue weighted by molar-refractivity contribution is -0.134. The van der Waals surface area contributed by atoms with Crippen LogP contribution in [0.5, 0.6) is 0 Å². The van der Waals surface area contributed by atoms with Crippen molar-refractivity contribution in [3.05, 3.63) is 42.2 Å². The molecule has 2 N–H and O–H groups in total. The van der Waals surface area contributed by atoms with Crippen molar-refractivity contribution in [2.75, 3.05) is 13.1 Å². The monoisotopic (exact) mass is 315 g/mol. The summed E-state index contributed by atoms with van der Waals surface area (Å²) >= 11 is 0. The number of benzene rings is 1. The van der Waals surface area contributed by atoms with Gasteiger partial charge in [0.1, 0.15) is 0 Å². The Hall–Kier alpha value is -2.70. The summed E-state index contributed by atoms with van der Waals surface area (Å²) in [5.74, 6) is -0.681. The molecule has 0 spiro atoms. The molecule has 1 heterocycles. The predicted octanol–water partition coefficient (Wildman–Crippen LogP) is 0.924. The van der Waals surface area contributed by atoms with E-state index in [2.05, 4.69) is 10.2 Å². The standard InChI is InChI=1S/C16H21N5O2/c1-2-3-9-20(12-15(17)22)16(23)10-13-11-18-21(19-13)14-7-5-4-6-8-14/h4-8,11H,2-3,9-10,12H2,1H3,(H2,17,22). The third-order valence-electron chi connectivity index (χ3n) is 3.34. The van der Waals surface area contributed by atoms with Crippen molar-refractivity contribution in [3.63, 3.8) is 0 Å². The fourth-order valence-corrected chi connectivity index (χ4v) is 2.16. The molecule has 7 nitrogen and oxygen atoms in total. The zero-order chi connectivity index (χ0) is 16.7. The molecule has 0 saturated carbocycles. The fourth-order valence-electron chi connectivity index (χ4n) is 2.16. The molecule has 0 bridgehead atoms. The Kier molecular flexibility index (Phi) is 5.85. The number of carbonyl (C=O) groups excluding carboxylic acids is 2. The molecular weight excluding hydrogens is 294 g/mol. The van der Waals surface area contributed by atoms with E-state index in [0.717, 1.165) is 18.5 Å². The average Bonchev–Trinajstić information content (AvgIpc) is 3.00. The predicted molar refractivity (Wildman–Crippen MR) is 85.7 cm³/mol. The molecule has 2 rings (SSSR count). The smallest absolute Gasteiger partial charge is 0.237 e. The van der Waals surface area contributed by atoms with Crippen LogP contribution in [0.25, 0.3) is 5.69 Å². The lowest BCUT2D eigenvalue weighted by atomic mass is 10.2. The number of aromatic nitrogens is 3. The number of hydrogen-bond donors (Lipinski definition) is 1. The van der Waals surface area contributed by atoms with Crippen LogP contribution >= 0.6 is 0 Å². The number of rotatable bonds is 8. The molecule has 2 amide bonds. The van der Waals surface area contributed by atoms with Gasteiger partial charge in [0, 0.05) is 6.54 Å². The number of primary amides is 1. The summed E-state index contributed by atoms with van der Waals surface area (Å²) in [6.45, 7) is 2.48. The van der Waals surface area contributed by atoms with Crippen LogP contribution in [0.4, 0.5) is 0 Å². The number of nitrogens with zero attached hydrogens (tertiary/aromatic N) is 4. The van der Waals surface area contributed by atoms with Gasteiger partial charge in [0.05, 0.1) is 30.5 Å². The van der Waals surface area contributed by atoms with Crippen LogP contribution < -0.4 is 5.73 Å². The van der Waals surface area contributed by atoms with Crippen LogP contribution in [0.15, 0.2) is 36.5 Å². The first-order valence-electron chi connectivity index (χ1n) is 7.63. The van der Waals surface area contributed by atoms with Gasteiger partial charge in [0.2, 0.25) is 11.8 Å². The highest BCUT2D eigenvalue weighted by Crippen LogP contribution is 2.06. The summed E-state index contributed by atoms with van der Waals surface area (Å²) in [5, 5.41) is 8.47. The fraction of sp³-hybridized carbons (Fsp3) is 0.375. The van der Waals surface area contributed by atoms with Gasteiger partial charge in [-0.05, 0) is 18.6 Å². The molecule has 1 aromatic carbocycles. The SMILES string of the molecule is CCCCN(CC(N)=O)C(=O)Cc1cnn(-c2ccccc2)n1. The Bertz CT molecular complexity index is 654. The van der Waals surface area contributed by atoms with Crippen LogP contribution in [0, 0.1) is 0 Å². The van der Waals surface area contributed by atoms with Crippen LogP contribution in [0.1, 0.15) is 25.5 Å². The van der Waals surface area contributed by atoms with Gasteiger partial charge in [-0.2, -0.15) is 15.0 Å². The number of unbranched alkanes of at least 4 members (excludes halogenated alkanes) is 1. The largest absolute Gasteiger partial charge is 0.368 e. The van der Waals surface area contributed by atoms with Gasteiger partial charge in [-0.15, -0.1) is 0 Å². The summed E-state index contributed by atoms with van der Waals surface area (Å²) < 4.78 is 0. The molecule has 0 unspecified atom stereocenters. The minimum absolute atomic E-state index is 0.0638. The van der Waals surface area contributed by atoms with Gasteiger partial charge in [0.15, 0.2) is 0 Å². The molecule has 0 saturated heterocycles. The number of hydrogen-bond acceptors (Lipinski definition) is 4. The van der Waals surface area contributed by atoms with Crippen molar-refractivity contribution < 1.29 is 9.59 Å². The van der Waals surface area contributed by atoms with E-state index in [1.807, 2.05) is 37.3 Å². The van der Waals surface area contributed by atoms with E-state index in [1.165, 1.54) is 9.70 Å². The maximum atomic E-state index is 12.3. The van der Waals surface area contributed by atoms with E-state index in [4.69, 9.17) is 5.73 Å². The third-order valence-corrected chi connectivity index (χ3v) is 3.34. The second kappa shape index (κ2) is 8.07. The molecule has 0 fully saturated rings. The maximum absolute atomic E-state index is 12.3. The maximum Gasteiger partial charge on any atom is 0.237 e. The van der Waals surface area contributed by atoms with E-state index in [0.29, 0.717) is 12.2 Å². The second-order valence-electron chi connectivity index (χ2n) is 5.27. The molecule has 0 aliphatic carbocycles. The van der Waals surface area contributed by atoms with E-state index in [9.17, 15) is 9.59 Å². The molecule has 0 radical (unpaired) electrons. The van der Waals surface area contributed by atoms with Crippen LogP contribution in [0.2, 0.25) is 0 Å². The molecular formula is C16H21N5O2. The van der Waals surface area contributed by atoms with E-state index in [1.54, 1.807) is 6.20 Å². The summed E-state index contributed by atoms with van der Waals surface area (Å²) in [6, 6.07) is 9.46. The van der Waals surface area contributed by atoms with Crippen LogP contribution in [0.3, 0.4) is 0 Å². The normalized spacial score (nSPS) is 10.5. The topological polar surface area (TPSA) is 94.1 Å². The highest BCUT2D eigenvalue weighted by atomic mass is 16.2. The summed E-state index contributed by atoms with van der Waals surface area (Å²) in [7, 11) is 0. The lowest BCUT2D eigenvalue weighted by Crippen LogP contribution is -2.39. The van der Waals surface area contributed by atoms with Crippen molar-refractivity contribution in [3.8, 4) is 5.69 Å². The minimum Gasteiger partial charge on any atom is -0.368 e. The van der Waals surface area contributed by atoms with E-state index in [-0.39, 0.29) is 18.9 Å². The van der Waals surface area contributed by atoms with Gasteiger partial charge in [0.25, 0.3) is 0 Å². The number of para-hydroxylation sites is 1. The van der Waals surface area contributed by atoms with E-state index < -0.39 is 5.91 Å². The summed E-state index contributed by atoms with van der Waals surface area (Å²) in [4.78, 5) is 26.4. The average molecular weight is 315 g/mol. The van der Waals surface area contributed by atoms with Gasteiger partial charge in [-0.25, -0.2) is 0 Å². The van der Waals surface area contributed by atoms with Gasteiger partial charge >= 0.3 is 0 Å². The summed E-state index contributed by atoms with van der Waals surface area (Å²) in [6.07, 6.45) is 3.43. The van der Waals surface area contributed by atoms with Crippen molar-refractivity contribution in [2.45, 2.75) is 26.2 Å². The highest BCUT2D eigenvalue weighted by molar-refractivity contribution is 5.84. The molecule has 0 aliphatic heterocycles. The number of amides is 2. The molecule has 0 atom stereocenters. The van der Waals surface area contributed by atoms with Crippen LogP contribution in [-0.4, -0.2) is 44.8 Å². The molecule has 23 heavy (non-hydrogen) atoms. The lowest BCUT2D eigenvalue weighted by Gasteiger charge is -2.20. The molecule has 0 aliphatic rings. The van der Waals surface area contributed by atoms with Gasteiger partial charge in [-0.1, -0.05) is 31.5 Å².